The maximum Gasteiger partial charge on any atom is 0.326 e. The van der Waals surface area contributed by atoms with Gasteiger partial charge in [0.25, 0.3) is 0 Å². The third-order valence-electron chi connectivity index (χ3n) is 6.66. The van der Waals surface area contributed by atoms with Crippen LogP contribution in [-0.2, 0) is 25.6 Å². The fourth-order valence-electron chi connectivity index (χ4n) is 4.33. The van der Waals surface area contributed by atoms with Crippen molar-refractivity contribution in [2.24, 2.45) is 27.9 Å². The maximum absolute atomic E-state index is 13.3. The van der Waals surface area contributed by atoms with Crippen molar-refractivity contribution in [1.29, 1.82) is 0 Å². The minimum absolute atomic E-state index is 0.0446. The number of carbonyl (C=O) groups excluding carboxylic acids is 3. The van der Waals surface area contributed by atoms with Crippen molar-refractivity contribution >= 4 is 40.6 Å². The molecule has 0 aliphatic carbocycles. The quantitative estimate of drug-likeness (QED) is 0.0526. The lowest BCUT2D eigenvalue weighted by molar-refractivity contribution is -0.143. The van der Waals surface area contributed by atoms with Gasteiger partial charge in [0.15, 0.2) is 5.96 Å². The standard InChI is InChI=1S/C27H43N9O6/c1-15(37)22(25(40)35-21(26(41)42)13-16-14-33-19-9-3-2-7-17(16)19)36-24(39)20(10-6-12-32-27(30)31)34-23(38)18(29)8-4-5-11-28/h2-3,7,9,14-15,18,20-22,33,37H,4-6,8,10-13,28-29H2,1H3,(H,34,38)(H,35,40)(H,36,39)(H,41,42)(H4,30,31,32). The number of carboxylic acid groups (broad SMARTS) is 1. The molecule has 0 spiro atoms. The number of aliphatic imine (C=N–C) groups is 1. The highest BCUT2D eigenvalue weighted by atomic mass is 16.4. The molecule has 5 unspecified atom stereocenters. The molecular weight excluding hydrogens is 546 g/mol. The molecule has 0 bridgehead atoms. The summed E-state index contributed by atoms with van der Waals surface area (Å²) >= 11 is 0. The molecule has 0 saturated carbocycles. The summed E-state index contributed by atoms with van der Waals surface area (Å²) in [6, 6.07) is 2.42. The van der Waals surface area contributed by atoms with Gasteiger partial charge in [-0.25, -0.2) is 4.79 Å². The topological polar surface area (TPSA) is 277 Å². The Labute approximate surface area is 243 Å². The highest BCUT2D eigenvalue weighted by Gasteiger charge is 2.33. The van der Waals surface area contributed by atoms with Gasteiger partial charge in [0, 0.05) is 30.1 Å². The van der Waals surface area contributed by atoms with E-state index in [-0.39, 0.29) is 25.3 Å². The number of hydrogen-bond acceptors (Lipinski definition) is 8. The summed E-state index contributed by atoms with van der Waals surface area (Å²) in [6.07, 6.45) is 2.29. The Morgan fingerprint density at radius 1 is 0.952 bits per heavy atom. The minimum Gasteiger partial charge on any atom is -0.480 e. The zero-order valence-corrected chi connectivity index (χ0v) is 23.7. The first-order chi connectivity index (χ1) is 19.9. The van der Waals surface area contributed by atoms with Crippen LogP contribution in [0, 0.1) is 0 Å². The number of carbonyl (C=O) groups is 4. The van der Waals surface area contributed by atoms with Crippen molar-refractivity contribution in [2.45, 2.75) is 75.7 Å². The third kappa shape index (κ3) is 10.6. The monoisotopic (exact) mass is 589 g/mol. The van der Waals surface area contributed by atoms with Gasteiger partial charge in [0.05, 0.1) is 12.1 Å². The molecule has 14 N–H and O–H groups in total. The Hall–Kier alpha value is -4.21. The fraction of sp³-hybridized carbons (Fsp3) is 0.519. The molecule has 2 aromatic rings. The Morgan fingerprint density at radius 3 is 2.29 bits per heavy atom. The van der Waals surface area contributed by atoms with E-state index >= 15 is 0 Å². The number of unbranched alkanes of at least 4 members (excludes halogenated alkanes) is 1. The van der Waals surface area contributed by atoms with Crippen molar-refractivity contribution in [1.82, 2.24) is 20.9 Å². The molecule has 0 radical (unpaired) electrons. The Bertz CT molecular complexity index is 1230. The molecule has 232 valence electrons. The van der Waals surface area contributed by atoms with Gasteiger partial charge in [0.2, 0.25) is 17.7 Å². The number of rotatable bonds is 18. The number of amides is 3. The van der Waals surface area contributed by atoms with Crippen molar-refractivity contribution in [3.05, 3.63) is 36.0 Å². The zero-order valence-electron chi connectivity index (χ0n) is 23.7. The average Bonchev–Trinajstić information content (AvgIpc) is 3.35. The lowest BCUT2D eigenvalue weighted by atomic mass is 10.0. The van der Waals surface area contributed by atoms with Crippen LogP contribution in [0.5, 0.6) is 0 Å². The van der Waals surface area contributed by atoms with Crippen molar-refractivity contribution in [3.63, 3.8) is 0 Å². The fourth-order valence-corrected chi connectivity index (χ4v) is 4.33. The van der Waals surface area contributed by atoms with Crippen LogP contribution in [0.1, 0.15) is 44.6 Å². The third-order valence-corrected chi connectivity index (χ3v) is 6.66. The molecule has 2 rings (SSSR count). The number of aromatic amines is 1. The number of nitrogens with two attached hydrogens (primary N) is 4. The molecule has 3 amide bonds. The number of carboxylic acids is 1. The van der Waals surface area contributed by atoms with Gasteiger partial charge in [-0.1, -0.05) is 24.6 Å². The first-order valence-electron chi connectivity index (χ1n) is 13.8. The molecule has 1 aromatic carbocycles. The summed E-state index contributed by atoms with van der Waals surface area (Å²) in [4.78, 5) is 58.0. The van der Waals surface area contributed by atoms with Gasteiger partial charge < -0.3 is 54.1 Å². The zero-order chi connectivity index (χ0) is 31.2. The number of guanidine groups is 1. The number of benzene rings is 1. The Morgan fingerprint density at radius 2 is 1.64 bits per heavy atom. The summed E-state index contributed by atoms with van der Waals surface area (Å²) in [7, 11) is 0. The number of aromatic nitrogens is 1. The van der Waals surface area contributed by atoms with Gasteiger partial charge in [-0.3, -0.25) is 19.4 Å². The van der Waals surface area contributed by atoms with Crippen molar-refractivity contribution in [3.8, 4) is 0 Å². The van der Waals surface area contributed by atoms with Crippen LogP contribution in [-0.4, -0.2) is 88.2 Å². The predicted octanol–water partition coefficient (Wildman–Crippen LogP) is -1.86. The molecular formula is C27H43N9O6. The molecule has 5 atom stereocenters. The number of para-hydroxylation sites is 1. The number of fused-ring (bicyclic) bond motifs is 1. The lowest BCUT2D eigenvalue weighted by Gasteiger charge is -2.26. The first kappa shape index (κ1) is 34.0. The molecule has 0 fully saturated rings. The van der Waals surface area contributed by atoms with Crippen LogP contribution in [0.25, 0.3) is 10.9 Å². The van der Waals surface area contributed by atoms with E-state index in [0.29, 0.717) is 37.8 Å². The summed E-state index contributed by atoms with van der Waals surface area (Å²) in [5.74, 6) is -3.68. The molecule has 0 aliphatic rings. The van der Waals surface area contributed by atoms with E-state index in [0.717, 1.165) is 10.9 Å². The van der Waals surface area contributed by atoms with E-state index in [1.807, 2.05) is 24.3 Å². The smallest absolute Gasteiger partial charge is 0.326 e. The van der Waals surface area contributed by atoms with Crippen LogP contribution >= 0.6 is 0 Å². The lowest BCUT2D eigenvalue weighted by Crippen LogP contribution is -2.60. The van der Waals surface area contributed by atoms with Crippen LogP contribution in [0.2, 0.25) is 0 Å². The second kappa shape index (κ2) is 16.9. The number of nitrogens with zero attached hydrogens (tertiary/aromatic N) is 1. The first-order valence-corrected chi connectivity index (χ1v) is 13.8. The molecule has 1 heterocycles. The number of aliphatic hydroxyl groups excluding tert-OH is 1. The van der Waals surface area contributed by atoms with E-state index in [9.17, 15) is 29.4 Å². The number of H-pyrrole nitrogens is 1. The van der Waals surface area contributed by atoms with Gasteiger partial charge in [-0.15, -0.1) is 0 Å². The molecule has 15 nitrogen and oxygen atoms in total. The van der Waals surface area contributed by atoms with Crippen LogP contribution in [0.3, 0.4) is 0 Å². The molecule has 0 aliphatic heterocycles. The number of aliphatic hydroxyl groups is 1. The Balaban J connectivity index is 2.14. The van der Waals surface area contributed by atoms with E-state index in [1.165, 1.54) is 6.92 Å². The van der Waals surface area contributed by atoms with Crippen LogP contribution in [0.15, 0.2) is 35.5 Å². The van der Waals surface area contributed by atoms with E-state index < -0.39 is 54.0 Å². The van der Waals surface area contributed by atoms with Gasteiger partial charge in [-0.2, -0.15) is 0 Å². The van der Waals surface area contributed by atoms with E-state index in [4.69, 9.17) is 22.9 Å². The van der Waals surface area contributed by atoms with E-state index in [2.05, 4.69) is 25.9 Å². The van der Waals surface area contributed by atoms with Crippen LogP contribution in [0.4, 0.5) is 0 Å². The highest BCUT2D eigenvalue weighted by Crippen LogP contribution is 2.19. The molecule has 0 saturated heterocycles. The average molecular weight is 590 g/mol. The van der Waals surface area contributed by atoms with Gasteiger partial charge in [-0.05, 0) is 50.8 Å². The van der Waals surface area contributed by atoms with Crippen molar-refractivity contribution < 1.29 is 29.4 Å². The predicted molar refractivity (Wildman–Crippen MR) is 158 cm³/mol. The maximum atomic E-state index is 13.3. The second-order valence-electron chi connectivity index (χ2n) is 10.1. The summed E-state index contributed by atoms with van der Waals surface area (Å²) in [6.45, 7) is 1.91. The summed E-state index contributed by atoms with van der Waals surface area (Å²) < 4.78 is 0. The van der Waals surface area contributed by atoms with Gasteiger partial charge >= 0.3 is 5.97 Å². The normalized spacial score (nSPS) is 14.7. The van der Waals surface area contributed by atoms with Crippen LogP contribution < -0.4 is 38.9 Å². The summed E-state index contributed by atoms with van der Waals surface area (Å²) in [5.41, 5.74) is 23.6. The molecule has 15 heteroatoms. The largest absolute Gasteiger partial charge is 0.480 e. The number of nitrogens with one attached hydrogen (secondary N) is 4. The highest BCUT2D eigenvalue weighted by molar-refractivity contribution is 5.94. The SMILES string of the molecule is CC(O)C(NC(=O)C(CCCN=C(N)N)NC(=O)C(N)CCCCN)C(=O)NC(Cc1c[nH]c2ccccc12)C(=O)O. The number of hydrogen-bond donors (Lipinski definition) is 10. The van der Waals surface area contributed by atoms with E-state index in [1.54, 1.807) is 6.20 Å². The molecule has 42 heavy (non-hydrogen) atoms. The van der Waals surface area contributed by atoms with Crippen molar-refractivity contribution in [2.75, 3.05) is 13.1 Å². The Kier molecular flexibility index (Phi) is 13.7. The molecule has 1 aromatic heterocycles. The minimum atomic E-state index is -1.52. The summed E-state index contributed by atoms with van der Waals surface area (Å²) in [5, 5.41) is 28.4. The second-order valence-corrected chi connectivity index (χ2v) is 10.1. The van der Waals surface area contributed by atoms with Gasteiger partial charge in [0.1, 0.15) is 18.1 Å². The number of aliphatic carboxylic acids is 1.